The summed E-state index contributed by atoms with van der Waals surface area (Å²) in [5, 5.41) is 0. The first kappa shape index (κ1) is 8.31. The smallest absolute Gasteiger partial charge is 0.0155 e. The van der Waals surface area contributed by atoms with Gasteiger partial charge in [0.2, 0.25) is 0 Å². The third-order valence-corrected chi connectivity index (χ3v) is 2.55. The Kier molecular flexibility index (Phi) is 2.31. The summed E-state index contributed by atoms with van der Waals surface area (Å²) in [4.78, 5) is 0. The summed E-state index contributed by atoms with van der Waals surface area (Å²) in [5.41, 5.74) is 2.85. The lowest BCUT2D eigenvalue weighted by Crippen LogP contribution is -2.05. The third-order valence-electron chi connectivity index (χ3n) is 2.55. The number of hydrogen-bond acceptors (Lipinski definition) is 0. The van der Waals surface area contributed by atoms with E-state index >= 15 is 0 Å². The maximum Gasteiger partial charge on any atom is -0.0155 e. The topological polar surface area (TPSA) is 0 Å². The summed E-state index contributed by atoms with van der Waals surface area (Å²) >= 11 is 0. The summed E-state index contributed by atoms with van der Waals surface area (Å²) in [6.07, 6.45) is 8.78. The summed E-state index contributed by atoms with van der Waals surface area (Å²) in [5.74, 6) is 0.660. The minimum absolute atomic E-state index is 0.660. The van der Waals surface area contributed by atoms with Crippen molar-refractivity contribution in [1.29, 1.82) is 0 Å². The lowest BCUT2D eigenvalue weighted by atomic mass is 9.88. The molecule has 1 atom stereocenters. The van der Waals surface area contributed by atoms with Gasteiger partial charge in [-0.2, -0.15) is 0 Å². The van der Waals surface area contributed by atoms with Crippen LogP contribution in [-0.2, 0) is 6.42 Å². The molecule has 66 valence electrons. The zero-order valence-electron chi connectivity index (χ0n) is 7.74. The number of rotatable bonds is 2. The molecule has 1 aliphatic rings. The van der Waals surface area contributed by atoms with Gasteiger partial charge in [0.05, 0.1) is 0 Å². The fourth-order valence-electron chi connectivity index (χ4n) is 1.85. The van der Waals surface area contributed by atoms with Crippen molar-refractivity contribution in [1.82, 2.24) is 0 Å². The Balaban J connectivity index is 2.23. The van der Waals surface area contributed by atoms with Gasteiger partial charge in [0.1, 0.15) is 0 Å². The van der Waals surface area contributed by atoms with Crippen molar-refractivity contribution in [2.24, 2.45) is 5.92 Å². The lowest BCUT2D eigenvalue weighted by molar-refractivity contribution is 0.655. The molecule has 0 bridgehead atoms. The molecular formula is C13H14. The van der Waals surface area contributed by atoms with E-state index in [1.54, 1.807) is 0 Å². The van der Waals surface area contributed by atoms with Crippen LogP contribution in [-0.4, -0.2) is 0 Å². The fraction of sp³-hybridized carbons (Fsp3) is 0.231. The first-order valence-electron chi connectivity index (χ1n) is 4.77. The Morgan fingerprint density at radius 1 is 1.38 bits per heavy atom. The monoisotopic (exact) mass is 170 g/mol. The van der Waals surface area contributed by atoms with Crippen LogP contribution in [0.3, 0.4) is 0 Å². The van der Waals surface area contributed by atoms with Gasteiger partial charge < -0.3 is 0 Å². The first-order valence-corrected chi connectivity index (χ1v) is 4.77. The second-order valence-electron chi connectivity index (χ2n) is 3.55. The minimum atomic E-state index is 0.660. The van der Waals surface area contributed by atoms with E-state index in [1.807, 2.05) is 6.08 Å². The molecular weight excluding hydrogens is 156 g/mol. The van der Waals surface area contributed by atoms with E-state index in [-0.39, 0.29) is 0 Å². The van der Waals surface area contributed by atoms with Gasteiger partial charge in [-0.05, 0) is 29.9 Å². The summed E-state index contributed by atoms with van der Waals surface area (Å²) in [7, 11) is 0. The van der Waals surface area contributed by atoms with E-state index < -0.39 is 0 Å². The molecule has 0 saturated carbocycles. The minimum Gasteiger partial charge on any atom is -0.103 e. The van der Waals surface area contributed by atoms with Crippen LogP contribution in [0.2, 0.25) is 0 Å². The Hall–Kier alpha value is -1.30. The summed E-state index contributed by atoms with van der Waals surface area (Å²) in [6.45, 7) is 3.78. The zero-order chi connectivity index (χ0) is 9.10. The van der Waals surface area contributed by atoms with Crippen molar-refractivity contribution >= 4 is 6.08 Å². The molecule has 1 unspecified atom stereocenters. The van der Waals surface area contributed by atoms with E-state index in [9.17, 15) is 0 Å². The molecule has 0 N–H and O–H groups in total. The Bertz CT molecular complexity index is 334. The van der Waals surface area contributed by atoms with Crippen LogP contribution >= 0.6 is 0 Å². The van der Waals surface area contributed by atoms with Crippen molar-refractivity contribution in [3.63, 3.8) is 0 Å². The first-order chi connectivity index (χ1) is 6.40. The van der Waals surface area contributed by atoms with Gasteiger partial charge in [-0.25, -0.2) is 0 Å². The molecule has 0 saturated heterocycles. The van der Waals surface area contributed by atoms with E-state index in [1.165, 1.54) is 17.5 Å². The van der Waals surface area contributed by atoms with Crippen molar-refractivity contribution in [2.45, 2.75) is 12.8 Å². The maximum atomic E-state index is 3.78. The largest absolute Gasteiger partial charge is 0.103 e. The molecule has 1 aromatic carbocycles. The van der Waals surface area contributed by atoms with E-state index in [4.69, 9.17) is 0 Å². The second-order valence-corrected chi connectivity index (χ2v) is 3.55. The predicted molar refractivity (Wildman–Crippen MR) is 57.5 cm³/mol. The van der Waals surface area contributed by atoms with Crippen LogP contribution in [0.1, 0.15) is 17.5 Å². The van der Waals surface area contributed by atoms with Gasteiger partial charge in [0.15, 0.2) is 0 Å². The molecule has 0 nitrogen and oxygen atoms in total. The average Bonchev–Trinajstić information content (AvgIpc) is 2.18. The number of hydrogen-bond donors (Lipinski definition) is 0. The Labute approximate surface area is 79.6 Å². The summed E-state index contributed by atoms with van der Waals surface area (Å²) in [6, 6.07) is 8.60. The van der Waals surface area contributed by atoms with E-state index in [0.29, 0.717) is 5.92 Å². The standard InChI is InChI=1S/C13H14/c1-2-5-11-8-9-12-6-3-4-7-13(12)10-11/h2-4,6-9,11H,1,5,10H2. The normalized spacial score (nSPS) is 19.5. The Morgan fingerprint density at radius 3 is 3.08 bits per heavy atom. The highest BCUT2D eigenvalue weighted by Gasteiger charge is 2.10. The van der Waals surface area contributed by atoms with Crippen molar-refractivity contribution in [3.8, 4) is 0 Å². The predicted octanol–water partition coefficient (Wildman–Crippen LogP) is 3.45. The SMILES string of the molecule is C=CCC1C=Cc2ccccc2C1. The molecule has 2 rings (SSSR count). The van der Waals surface area contributed by atoms with Crippen LogP contribution in [0.15, 0.2) is 43.0 Å². The molecule has 13 heavy (non-hydrogen) atoms. The van der Waals surface area contributed by atoms with Crippen molar-refractivity contribution < 1.29 is 0 Å². The van der Waals surface area contributed by atoms with Gasteiger partial charge >= 0.3 is 0 Å². The van der Waals surface area contributed by atoms with Crippen LogP contribution in [0, 0.1) is 5.92 Å². The second kappa shape index (κ2) is 3.61. The van der Waals surface area contributed by atoms with Gasteiger partial charge in [-0.15, -0.1) is 6.58 Å². The molecule has 0 heterocycles. The average molecular weight is 170 g/mol. The van der Waals surface area contributed by atoms with Crippen LogP contribution in [0.25, 0.3) is 6.08 Å². The molecule has 0 spiro atoms. The van der Waals surface area contributed by atoms with Gasteiger partial charge in [0, 0.05) is 0 Å². The molecule has 0 heteroatoms. The van der Waals surface area contributed by atoms with Gasteiger partial charge in [-0.1, -0.05) is 42.5 Å². The van der Waals surface area contributed by atoms with Crippen LogP contribution in [0.4, 0.5) is 0 Å². The van der Waals surface area contributed by atoms with Crippen LogP contribution < -0.4 is 0 Å². The molecule has 1 aromatic rings. The molecule has 0 amide bonds. The maximum absolute atomic E-state index is 3.78. The molecule has 0 aliphatic heterocycles. The molecule has 0 fully saturated rings. The van der Waals surface area contributed by atoms with E-state index in [2.05, 4.69) is 43.0 Å². The van der Waals surface area contributed by atoms with E-state index in [0.717, 1.165) is 6.42 Å². The van der Waals surface area contributed by atoms with Crippen LogP contribution in [0.5, 0.6) is 0 Å². The fourth-order valence-corrected chi connectivity index (χ4v) is 1.85. The molecule has 0 aromatic heterocycles. The van der Waals surface area contributed by atoms with Gasteiger partial charge in [0.25, 0.3) is 0 Å². The summed E-state index contributed by atoms with van der Waals surface area (Å²) < 4.78 is 0. The highest BCUT2D eigenvalue weighted by Crippen LogP contribution is 2.24. The quantitative estimate of drug-likeness (QED) is 0.596. The number of benzene rings is 1. The van der Waals surface area contributed by atoms with Crippen molar-refractivity contribution in [3.05, 3.63) is 54.1 Å². The number of fused-ring (bicyclic) bond motifs is 1. The molecule has 0 radical (unpaired) electrons. The lowest BCUT2D eigenvalue weighted by Gasteiger charge is -2.17. The Morgan fingerprint density at radius 2 is 2.23 bits per heavy atom. The highest BCUT2D eigenvalue weighted by molar-refractivity contribution is 5.56. The molecule has 1 aliphatic carbocycles. The number of allylic oxidation sites excluding steroid dienone is 2. The third kappa shape index (κ3) is 1.72. The van der Waals surface area contributed by atoms with Crippen molar-refractivity contribution in [2.75, 3.05) is 0 Å². The zero-order valence-corrected chi connectivity index (χ0v) is 7.74. The van der Waals surface area contributed by atoms with Gasteiger partial charge in [-0.3, -0.25) is 0 Å². The highest BCUT2D eigenvalue weighted by atomic mass is 14.2.